The molecule has 0 aromatic heterocycles. The number of carbonyl (C=O) groups is 2. The second-order valence-corrected chi connectivity index (χ2v) is 5.72. The van der Waals surface area contributed by atoms with E-state index in [0.717, 1.165) is 0 Å². The van der Waals surface area contributed by atoms with E-state index in [-0.39, 0.29) is 17.9 Å². The lowest BCUT2D eigenvalue weighted by atomic mass is 10.1. The van der Waals surface area contributed by atoms with Crippen molar-refractivity contribution < 1.29 is 23.6 Å². The second-order valence-electron chi connectivity index (χ2n) is 5.72. The van der Waals surface area contributed by atoms with E-state index >= 15 is 0 Å². The number of rotatable bonds is 6. The number of hydrogen-bond donors (Lipinski definition) is 2. The molecule has 0 heterocycles. The number of carbonyl (C=O) groups excluding carboxylic acids is 2. The van der Waals surface area contributed by atoms with Crippen LogP contribution in [0.3, 0.4) is 0 Å². The van der Waals surface area contributed by atoms with Crippen molar-refractivity contribution in [3.05, 3.63) is 69.5 Å². The maximum absolute atomic E-state index is 13.3. The van der Waals surface area contributed by atoms with Crippen LogP contribution in [0.4, 0.5) is 15.8 Å². The summed E-state index contributed by atoms with van der Waals surface area (Å²) in [4.78, 5) is 34.4. The van der Waals surface area contributed by atoms with Crippen molar-refractivity contribution in [2.45, 2.75) is 13.0 Å². The molecule has 8 nitrogen and oxygen atoms in total. The van der Waals surface area contributed by atoms with E-state index in [1.807, 2.05) is 0 Å². The third kappa shape index (κ3) is 5.32. The van der Waals surface area contributed by atoms with Gasteiger partial charge in [0, 0.05) is 19.7 Å². The average Bonchev–Trinajstić information content (AvgIpc) is 2.63. The van der Waals surface area contributed by atoms with Crippen molar-refractivity contribution in [3.63, 3.8) is 0 Å². The number of hydrogen-bond acceptors (Lipinski definition) is 5. The van der Waals surface area contributed by atoms with Crippen LogP contribution in [0.15, 0.2) is 42.5 Å². The quantitative estimate of drug-likeness (QED) is 0.458. The zero-order valence-corrected chi connectivity index (χ0v) is 14.7. The summed E-state index contributed by atoms with van der Waals surface area (Å²) >= 11 is 0. The zero-order valence-electron chi connectivity index (χ0n) is 14.7. The molecule has 9 heteroatoms. The molecule has 2 aromatic rings. The van der Waals surface area contributed by atoms with Crippen molar-refractivity contribution in [2.75, 3.05) is 19.0 Å². The first-order valence-corrected chi connectivity index (χ1v) is 7.94. The molecular weight excluding hydrogens is 357 g/mol. The van der Waals surface area contributed by atoms with Gasteiger partial charge in [-0.3, -0.25) is 19.7 Å². The molecule has 2 N–H and O–H groups in total. The normalized spacial score (nSPS) is 11.5. The number of aryl methyl sites for hydroxylation is 1. The SMILES string of the molecule is COC(CNC(=O)C(=O)Nc1ccc(C)cc1[N+](=O)[O-])c1cccc(F)c1. The van der Waals surface area contributed by atoms with Gasteiger partial charge in [-0.1, -0.05) is 18.2 Å². The van der Waals surface area contributed by atoms with Crippen LogP contribution < -0.4 is 10.6 Å². The average molecular weight is 375 g/mol. The standard InChI is InChI=1S/C18H18FN3O5/c1-11-6-7-14(15(8-11)22(25)26)21-18(24)17(23)20-10-16(27-2)12-4-3-5-13(19)9-12/h3-9,16H,10H2,1-2H3,(H,20,23)(H,21,24). The fourth-order valence-electron chi connectivity index (χ4n) is 2.39. The number of nitro benzene ring substituents is 1. The van der Waals surface area contributed by atoms with Gasteiger partial charge in [0.1, 0.15) is 11.5 Å². The van der Waals surface area contributed by atoms with Gasteiger partial charge in [-0.05, 0) is 36.2 Å². The van der Waals surface area contributed by atoms with Crippen LogP contribution >= 0.6 is 0 Å². The Labute approximate surface area is 154 Å². The van der Waals surface area contributed by atoms with Crippen molar-refractivity contribution >= 4 is 23.2 Å². The van der Waals surface area contributed by atoms with Gasteiger partial charge in [-0.25, -0.2) is 4.39 Å². The molecule has 0 spiro atoms. The molecule has 0 aliphatic carbocycles. The summed E-state index contributed by atoms with van der Waals surface area (Å²) in [5, 5.41) is 15.6. The van der Waals surface area contributed by atoms with Crippen molar-refractivity contribution in [3.8, 4) is 0 Å². The van der Waals surface area contributed by atoms with Gasteiger partial charge in [0.25, 0.3) is 5.69 Å². The Kier molecular flexibility index (Phi) is 6.56. The summed E-state index contributed by atoms with van der Waals surface area (Å²) in [5.41, 5.74) is 0.736. The third-order valence-electron chi connectivity index (χ3n) is 3.76. The largest absolute Gasteiger partial charge is 0.375 e. The lowest BCUT2D eigenvalue weighted by Crippen LogP contribution is -2.38. The Bertz CT molecular complexity index is 872. The number of anilines is 1. The van der Waals surface area contributed by atoms with Crippen LogP contribution in [0.2, 0.25) is 0 Å². The molecule has 0 aliphatic heterocycles. The van der Waals surface area contributed by atoms with Crippen LogP contribution in [-0.4, -0.2) is 30.4 Å². The molecule has 1 atom stereocenters. The van der Waals surface area contributed by atoms with Gasteiger partial charge in [0.15, 0.2) is 0 Å². The fraction of sp³-hybridized carbons (Fsp3) is 0.222. The van der Waals surface area contributed by atoms with E-state index in [2.05, 4.69) is 10.6 Å². The predicted octanol–water partition coefficient (Wildman–Crippen LogP) is 2.48. The highest BCUT2D eigenvalue weighted by Gasteiger charge is 2.21. The van der Waals surface area contributed by atoms with Gasteiger partial charge < -0.3 is 15.4 Å². The zero-order chi connectivity index (χ0) is 20.0. The van der Waals surface area contributed by atoms with E-state index in [0.29, 0.717) is 11.1 Å². The maximum atomic E-state index is 13.3. The van der Waals surface area contributed by atoms with Crippen LogP contribution in [0.25, 0.3) is 0 Å². The molecule has 0 saturated carbocycles. The first kappa shape index (κ1) is 20.0. The number of ether oxygens (including phenoxy) is 1. The molecule has 0 radical (unpaired) electrons. The van der Waals surface area contributed by atoms with Gasteiger partial charge in [-0.15, -0.1) is 0 Å². The van der Waals surface area contributed by atoms with E-state index in [1.54, 1.807) is 19.1 Å². The minimum Gasteiger partial charge on any atom is -0.375 e. The second kappa shape index (κ2) is 8.86. The van der Waals surface area contributed by atoms with E-state index < -0.39 is 28.7 Å². The molecular formula is C18H18FN3O5. The van der Waals surface area contributed by atoms with Crippen LogP contribution in [-0.2, 0) is 14.3 Å². The molecule has 0 fully saturated rings. The number of halogens is 1. The number of methoxy groups -OCH3 is 1. The third-order valence-corrected chi connectivity index (χ3v) is 3.76. The van der Waals surface area contributed by atoms with Gasteiger partial charge >= 0.3 is 11.8 Å². The van der Waals surface area contributed by atoms with Crippen LogP contribution in [0, 0.1) is 22.9 Å². The number of nitrogens with one attached hydrogen (secondary N) is 2. The summed E-state index contributed by atoms with van der Waals surface area (Å²) in [6.45, 7) is 1.59. The predicted molar refractivity (Wildman–Crippen MR) is 95.6 cm³/mol. The highest BCUT2D eigenvalue weighted by atomic mass is 19.1. The lowest BCUT2D eigenvalue weighted by Gasteiger charge is -2.16. The van der Waals surface area contributed by atoms with E-state index in [4.69, 9.17) is 4.74 Å². The summed E-state index contributed by atoms with van der Waals surface area (Å²) in [7, 11) is 1.39. The fourth-order valence-corrected chi connectivity index (χ4v) is 2.39. The van der Waals surface area contributed by atoms with Crippen molar-refractivity contribution in [1.29, 1.82) is 0 Å². The molecule has 27 heavy (non-hydrogen) atoms. The Morgan fingerprint density at radius 2 is 1.96 bits per heavy atom. The minimum absolute atomic E-state index is 0.0812. The van der Waals surface area contributed by atoms with Crippen LogP contribution in [0.1, 0.15) is 17.2 Å². The molecule has 2 aromatic carbocycles. The number of nitro groups is 1. The van der Waals surface area contributed by atoms with Crippen molar-refractivity contribution in [1.82, 2.24) is 5.32 Å². The molecule has 0 bridgehead atoms. The topological polar surface area (TPSA) is 111 Å². The molecule has 1 unspecified atom stereocenters. The Morgan fingerprint density at radius 3 is 2.59 bits per heavy atom. The molecule has 0 aliphatic rings. The Morgan fingerprint density at radius 1 is 1.22 bits per heavy atom. The molecule has 0 saturated heterocycles. The molecule has 2 rings (SSSR count). The summed E-state index contributed by atoms with van der Waals surface area (Å²) in [5.74, 6) is -2.51. The van der Waals surface area contributed by atoms with Crippen molar-refractivity contribution in [2.24, 2.45) is 0 Å². The van der Waals surface area contributed by atoms with Gasteiger partial charge in [0.05, 0.1) is 11.0 Å². The van der Waals surface area contributed by atoms with Gasteiger partial charge in [0.2, 0.25) is 0 Å². The van der Waals surface area contributed by atoms with E-state index in [1.165, 1.54) is 37.4 Å². The van der Waals surface area contributed by atoms with E-state index in [9.17, 15) is 24.1 Å². The van der Waals surface area contributed by atoms with Crippen LogP contribution in [0.5, 0.6) is 0 Å². The molecule has 2 amide bonds. The number of benzene rings is 2. The Hall–Kier alpha value is -3.33. The monoisotopic (exact) mass is 375 g/mol. The smallest absolute Gasteiger partial charge is 0.313 e. The summed E-state index contributed by atoms with van der Waals surface area (Å²) < 4.78 is 18.5. The first-order valence-electron chi connectivity index (χ1n) is 7.94. The first-order chi connectivity index (χ1) is 12.8. The minimum atomic E-state index is -1.06. The van der Waals surface area contributed by atoms with Gasteiger partial charge in [-0.2, -0.15) is 0 Å². The highest BCUT2D eigenvalue weighted by molar-refractivity contribution is 6.39. The Balaban J connectivity index is 2.02. The number of nitrogens with zero attached hydrogens (tertiary/aromatic N) is 1. The molecule has 142 valence electrons. The maximum Gasteiger partial charge on any atom is 0.313 e. The summed E-state index contributed by atoms with van der Waals surface area (Å²) in [6, 6.07) is 9.88. The number of amides is 2. The lowest BCUT2D eigenvalue weighted by molar-refractivity contribution is -0.384. The highest BCUT2D eigenvalue weighted by Crippen LogP contribution is 2.25. The summed E-state index contributed by atoms with van der Waals surface area (Å²) in [6.07, 6.45) is -0.661.